The molecule has 1 N–H and O–H groups in total. The van der Waals surface area contributed by atoms with E-state index in [2.05, 4.69) is 23.5 Å². The van der Waals surface area contributed by atoms with Crippen LogP contribution < -0.4 is 5.32 Å². The quantitative estimate of drug-likeness (QED) is 0.712. The van der Waals surface area contributed by atoms with E-state index < -0.39 is 0 Å². The van der Waals surface area contributed by atoms with Crippen molar-refractivity contribution in [2.45, 2.75) is 38.1 Å². The van der Waals surface area contributed by atoms with Gasteiger partial charge in [-0.15, -0.1) is 0 Å². The van der Waals surface area contributed by atoms with Gasteiger partial charge in [-0.05, 0) is 55.3 Å². The van der Waals surface area contributed by atoms with E-state index in [0.29, 0.717) is 6.04 Å². The predicted molar refractivity (Wildman–Crippen MR) is 58.4 cm³/mol. The van der Waals surface area contributed by atoms with Gasteiger partial charge in [0.1, 0.15) is 0 Å². The van der Waals surface area contributed by atoms with Crippen LogP contribution in [0.2, 0.25) is 0 Å². The molecule has 74 valence electrons. The number of hydrogen-bond acceptors (Lipinski definition) is 1. The number of rotatable bonds is 1. The molecule has 14 heavy (non-hydrogen) atoms. The molecule has 1 aromatic rings. The molecule has 0 aromatic heterocycles. The van der Waals surface area contributed by atoms with Crippen molar-refractivity contribution in [3.8, 4) is 0 Å². The van der Waals surface area contributed by atoms with Crippen LogP contribution in [-0.4, -0.2) is 6.54 Å². The lowest BCUT2D eigenvalue weighted by Gasteiger charge is -2.29. The smallest absolute Gasteiger partial charge is 0.0332 e. The second-order valence-electron chi connectivity index (χ2n) is 4.53. The molecule has 1 aliphatic heterocycles. The zero-order valence-corrected chi connectivity index (χ0v) is 8.55. The minimum Gasteiger partial charge on any atom is -0.310 e. The zero-order valence-electron chi connectivity index (χ0n) is 8.55. The van der Waals surface area contributed by atoms with Crippen LogP contribution in [0, 0.1) is 0 Å². The Morgan fingerprint density at radius 2 is 1.86 bits per heavy atom. The summed E-state index contributed by atoms with van der Waals surface area (Å²) in [5, 5.41) is 3.47. The Kier molecular flexibility index (Phi) is 2.06. The first-order valence-electron chi connectivity index (χ1n) is 5.78. The van der Waals surface area contributed by atoms with E-state index in [0.717, 1.165) is 0 Å². The molecule has 1 saturated heterocycles. The highest BCUT2D eigenvalue weighted by Gasteiger charge is 2.19. The van der Waals surface area contributed by atoms with E-state index in [4.69, 9.17) is 0 Å². The molecule has 0 spiro atoms. The van der Waals surface area contributed by atoms with Crippen LogP contribution in [-0.2, 0) is 12.8 Å². The van der Waals surface area contributed by atoms with Gasteiger partial charge >= 0.3 is 0 Å². The fourth-order valence-electron chi connectivity index (χ4n) is 2.54. The average Bonchev–Trinajstić information content (AvgIpc) is 2.15. The molecule has 0 bridgehead atoms. The van der Waals surface area contributed by atoms with Crippen molar-refractivity contribution < 1.29 is 0 Å². The average molecular weight is 187 g/mol. The summed E-state index contributed by atoms with van der Waals surface area (Å²) in [5.41, 5.74) is 4.72. The minimum atomic E-state index is 0.655. The molecule has 1 heteroatoms. The molecule has 1 fully saturated rings. The van der Waals surface area contributed by atoms with Gasteiger partial charge in [0, 0.05) is 6.04 Å². The molecule has 1 heterocycles. The Hall–Kier alpha value is -0.820. The van der Waals surface area contributed by atoms with Gasteiger partial charge in [-0.2, -0.15) is 0 Å². The Morgan fingerprint density at radius 1 is 1.07 bits per heavy atom. The lowest BCUT2D eigenvalue weighted by Crippen LogP contribution is -2.35. The number of hydrogen-bond donors (Lipinski definition) is 1. The number of fused-ring (bicyclic) bond motifs is 1. The molecule has 3 rings (SSSR count). The third-order valence-corrected chi connectivity index (χ3v) is 3.60. The fraction of sp³-hybridized carbons (Fsp3) is 0.538. The van der Waals surface area contributed by atoms with E-state index in [1.165, 1.54) is 44.2 Å². The lowest BCUT2D eigenvalue weighted by molar-refractivity contribution is 0.383. The lowest BCUT2D eigenvalue weighted by atomic mass is 9.87. The third-order valence-electron chi connectivity index (χ3n) is 3.60. The van der Waals surface area contributed by atoms with Gasteiger partial charge in [0.25, 0.3) is 0 Å². The normalized spacial score (nSPS) is 25.3. The zero-order chi connectivity index (χ0) is 9.38. The Balaban J connectivity index is 1.92. The van der Waals surface area contributed by atoms with Crippen molar-refractivity contribution in [3.63, 3.8) is 0 Å². The topological polar surface area (TPSA) is 12.0 Å². The highest BCUT2D eigenvalue weighted by atomic mass is 15.0. The fourth-order valence-corrected chi connectivity index (χ4v) is 2.54. The molecule has 1 nitrogen and oxygen atoms in total. The van der Waals surface area contributed by atoms with Crippen molar-refractivity contribution >= 4 is 0 Å². The highest BCUT2D eigenvalue weighted by Crippen LogP contribution is 2.28. The summed E-state index contributed by atoms with van der Waals surface area (Å²) in [6.07, 6.45) is 6.69. The first-order valence-corrected chi connectivity index (χ1v) is 5.78. The van der Waals surface area contributed by atoms with Crippen LogP contribution in [0.5, 0.6) is 0 Å². The summed E-state index contributed by atoms with van der Waals surface area (Å²) in [4.78, 5) is 0. The maximum Gasteiger partial charge on any atom is 0.0332 e. The van der Waals surface area contributed by atoms with E-state index in [-0.39, 0.29) is 0 Å². The Labute approximate surface area is 85.5 Å². The SMILES string of the molecule is c1cc2c(cc1[C@H]1CCN1)CCCC2. The van der Waals surface area contributed by atoms with Crippen molar-refractivity contribution in [2.75, 3.05) is 6.54 Å². The molecular weight excluding hydrogens is 170 g/mol. The molecular formula is C13H17N. The Bertz CT molecular complexity index is 339. The van der Waals surface area contributed by atoms with Crippen molar-refractivity contribution in [3.05, 3.63) is 34.9 Å². The molecule has 1 atom stereocenters. The molecule has 0 radical (unpaired) electrons. The van der Waals surface area contributed by atoms with Crippen LogP contribution in [0.15, 0.2) is 18.2 Å². The summed E-state index contributed by atoms with van der Waals surface area (Å²) in [7, 11) is 0. The molecule has 0 saturated carbocycles. The molecule has 0 unspecified atom stereocenters. The maximum atomic E-state index is 3.47. The van der Waals surface area contributed by atoms with E-state index in [1.54, 1.807) is 11.1 Å². The molecule has 1 aliphatic carbocycles. The van der Waals surface area contributed by atoms with Crippen molar-refractivity contribution in [1.82, 2.24) is 5.32 Å². The van der Waals surface area contributed by atoms with Gasteiger partial charge in [0.05, 0.1) is 0 Å². The Morgan fingerprint density at radius 3 is 2.57 bits per heavy atom. The molecule has 2 aliphatic rings. The van der Waals surface area contributed by atoms with Crippen LogP contribution in [0.3, 0.4) is 0 Å². The second kappa shape index (κ2) is 3.39. The maximum absolute atomic E-state index is 3.47. The van der Waals surface area contributed by atoms with Crippen LogP contribution in [0.25, 0.3) is 0 Å². The first-order chi connectivity index (χ1) is 6.93. The number of benzene rings is 1. The summed E-state index contributed by atoms with van der Waals surface area (Å²) in [5.74, 6) is 0. The highest BCUT2D eigenvalue weighted by molar-refractivity contribution is 5.35. The van der Waals surface area contributed by atoms with Gasteiger partial charge in [-0.3, -0.25) is 0 Å². The first kappa shape index (κ1) is 8.49. The molecule has 0 amide bonds. The summed E-state index contributed by atoms with van der Waals surface area (Å²) < 4.78 is 0. The predicted octanol–water partition coefficient (Wildman–Crippen LogP) is 2.60. The van der Waals surface area contributed by atoms with Gasteiger partial charge in [0.15, 0.2) is 0 Å². The van der Waals surface area contributed by atoms with Crippen LogP contribution in [0.4, 0.5) is 0 Å². The third kappa shape index (κ3) is 1.36. The monoisotopic (exact) mass is 187 g/mol. The van der Waals surface area contributed by atoms with Gasteiger partial charge < -0.3 is 5.32 Å². The minimum absolute atomic E-state index is 0.655. The summed E-state index contributed by atoms with van der Waals surface area (Å²) in [6, 6.07) is 7.76. The van der Waals surface area contributed by atoms with Gasteiger partial charge in [0.2, 0.25) is 0 Å². The van der Waals surface area contributed by atoms with Crippen molar-refractivity contribution in [1.29, 1.82) is 0 Å². The van der Waals surface area contributed by atoms with Crippen molar-refractivity contribution in [2.24, 2.45) is 0 Å². The van der Waals surface area contributed by atoms with Gasteiger partial charge in [-0.25, -0.2) is 0 Å². The van der Waals surface area contributed by atoms with Gasteiger partial charge in [-0.1, -0.05) is 18.2 Å². The second-order valence-corrected chi connectivity index (χ2v) is 4.53. The van der Waals surface area contributed by atoms with E-state index in [9.17, 15) is 0 Å². The van der Waals surface area contributed by atoms with E-state index in [1.807, 2.05) is 0 Å². The summed E-state index contributed by atoms with van der Waals surface area (Å²) in [6.45, 7) is 1.20. The standard InChI is InChI=1S/C13H17N/c1-2-4-11-9-12(13-7-8-14-13)6-5-10(11)3-1/h5-6,9,13-14H,1-4,7-8H2/t13-/m1/s1. The largest absolute Gasteiger partial charge is 0.310 e. The summed E-state index contributed by atoms with van der Waals surface area (Å²) >= 11 is 0. The molecule has 1 aromatic carbocycles. The number of nitrogens with one attached hydrogen (secondary N) is 1. The van der Waals surface area contributed by atoms with Crippen LogP contribution >= 0.6 is 0 Å². The van der Waals surface area contributed by atoms with E-state index >= 15 is 0 Å². The number of aryl methyl sites for hydroxylation is 2. The van der Waals surface area contributed by atoms with Crippen LogP contribution in [0.1, 0.15) is 42.0 Å².